The van der Waals surface area contributed by atoms with Crippen molar-refractivity contribution < 1.29 is 0 Å². The summed E-state index contributed by atoms with van der Waals surface area (Å²) in [7, 11) is 0. The Morgan fingerprint density at radius 1 is 0.966 bits per heavy atom. The fraction of sp³-hybridized carbons (Fsp3) is 0.692. The van der Waals surface area contributed by atoms with Crippen molar-refractivity contribution in [1.82, 2.24) is 9.80 Å². The van der Waals surface area contributed by atoms with Gasteiger partial charge in [0.15, 0.2) is 0 Å². The molecule has 2 aliphatic heterocycles. The molecule has 2 saturated heterocycles. The molecule has 160 valence electrons. The molecule has 0 unspecified atom stereocenters. The molecule has 2 heterocycles. The first kappa shape index (κ1) is 22.7. The molecule has 2 atom stereocenters. The molecule has 0 radical (unpaired) electrons. The molecule has 0 aliphatic carbocycles. The molecule has 2 fully saturated rings. The van der Waals surface area contributed by atoms with Gasteiger partial charge in [0.05, 0.1) is 6.04 Å². The van der Waals surface area contributed by atoms with E-state index < -0.39 is 0 Å². The molecule has 3 rings (SSSR count). The van der Waals surface area contributed by atoms with Crippen LogP contribution in [0, 0.1) is 11.8 Å². The van der Waals surface area contributed by atoms with Gasteiger partial charge in [0.1, 0.15) is 0 Å². The standard InChI is InChI=1S/C26H39ClN2/c1-2-3-4-5-6-7-8-9-14-26(23-15-17-24(27)18-16-23)29-21-12-13-25(29)22-28-19-10-11-20-28/h15-18,25-26H,2-8,10-13,19-22H2,1H3/t25-,26+/m0/s1. The summed E-state index contributed by atoms with van der Waals surface area (Å²) in [5.74, 6) is 7.21. The van der Waals surface area contributed by atoms with Crippen molar-refractivity contribution in [1.29, 1.82) is 0 Å². The summed E-state index contributed by atoms with van der Waals surface area (Å²) in [6.07, 6.45) is 14.3. The number of hydrogen-bond acceptors (Lipinski definition) is 2. The minimum absolute atomic E-state index is 0.211. The normalized spacial score (nSPS) is 21.2. The van der Waals surface area contributed by atoms with Crippen molar-refractivity contribution in [3.8, 4) is 11.8 Å². The minimum Gasteiger partial charge on any atom is -0.302 e. The summed E-state index contributed by atoms with van der Waals surface area (Å²) in [5.41, 5.74) is 1.30. The summed E-state index contributed by atoms with van der Waals surface area (Å²) >= 11 is 6.16. The van der Waals surface area contributed by atoms with Crippen LogP contribution in [0.25, 0.3) is 0 Å². The zero-order valence-electron chi connectivity index (χ0n) is 18.3. The van der Waals surface area contributed by atoms with Gasteiger partial charge < -0.3 is 4.90 Å². The lowest BCUT2D eigenvalue weighted by Gasteiger charge is -2.32. The van der Waals surface area contributed by atoms with Crippen LogP contribution < -0.4 is 0 Å². The second kappa shape index (κ2) is 12.6. The highest BCUT2D eigenvalue weighted by Crippen LogP contribution is 2.31. The van der Waals surface area contributed by atoms with E-state index in [0.717, 1.165) is 18.0 Å². The Labute approximate surface area is 184 Å². The highest BCUT2D eigenvalue weighted by Gasteiger charge is 2.32. The summed E-state index contributed by atoms with van der Waals surface area (Å²) < 4.78 is 0. The lowest BCUT2D eigenvalue weighted by Crippen LogP contribution is -2.41. The maximum absolute atomic E-state index is 6.16. The number of rotatable bonds is 10. The quantitative estimate of drug-likeness (QED) is 0.310. The highest BCUT2D eigenvalue weighted by molar-refractivity contribution is 6.30. The Morgan fingerprint density at radius 2 is 1.69 bits per heavy atom. The number of hydrogen-bond donors (Lipinski definition) is 0. The van der Waals surface area contributed by atoms with Crippen LogP contribution in [-0.2, 0) is 0 Å². The summed E-state index contributed by atoms with van der Waals surface area (Å²) in [4.78, 5) is 5.33. The largest absolute Gasteiger partial charge is 0.302 e. The minimum atomic E-state index is 0.211. The molecular formula is C26H39ClN2. The van der Waals surface area contributed by atoms with Gasteiger partial charge in [0.25, 0.3) is 0 Å². The second-order valence-corrected chi connectivity index (χ2v) is 9.27. The van der Waals surface area contributed by atoms with E-state index >= 15 is 0 Å². The van der Waals surface area contributed by atoms with E-state index in [0.29, 0.717) is 6.04 Å². The molecular weight excluding hydrogens is 376 g/mol. The molecule has 1 aromatic carbocycles. The molecule has 0 aromatic heterocycles. The van der Waals surface area contributed by atoms with E-state index in [1.165, 1.54) is 89.4 Å². The van der Waals surface area contributed by atoms with Gasteiger partial charge >= 0.3 is 0 Å². The van der Waals surface area contributed by atoms with Crippen molar-refractivity contribution >= 4 is 11.6 Å². The first-order valence-electron chi connectivity index (χ1n) is 12.0. The number of halogens is 1. The van der Waals surface area contributed by atoms with Crippen molar-refractivity contribution in [3.05, 3.63) is 34.9 Å². The summed E-state index contributed by atoms with van der Waals surface area (Å²) in [6, 6.07) is 9.24. The molecule has 2 aliphatic rings. The van der Waals surface area contributed by atoms with Crippen molar-refractivity contribution in [2.45, 2.75) is 89.6 Å². The molecule has 2 nitrogen and oxygen atoms in total. The lowest BCUT2D eigenvalue weighted by molar-refractivity contribution is 0.168. The average molecular weight is 415 g/mol. The van der Waals surface area contributed by atoms with E-state index in [-0.39, 0.29) is 6.04 Å². The second-order valence-electron chi connectivity index (χ2n) is 8.83. The SMILES string of the molecule is CCCCCCCCC#C[C@H](c1ccc(Cl)cc1)N1CCC[C@H]1CN1CCCC1. The number of likely N-dealkylation sites (tertiary alicyclic amines) is 2. The predicted molar refractivity (Wildman–Crippen MR) is 125 cm³/mol. The Morgan fingerprint density at radius 3 is 2.45 bits per heavy atom. The van der Waals surface area contributed by atoms with Gasteiger partial charge in [-0.25, -0.2) is 0 Å². The predicted octanol–water partition coefficient (Wildman–Crippen LogP) is 6.70. The van der Waals surface area contributed by atoms with Crippen molar-refractivity contribution in [2.75, 3.05) is 26.2 Å². The maximum Gasteiger partial charge on any atom is 0.0973 e. The third-order valence-corrected chi connectivity index (χ3v) is 6.75. The maximum atomic E-state index is 6.16. The Hall–Kier alpha value is -1.01. The fourth-order valence-electron chi connectivity index (χ4n) is 4.82. The Balaban J connectivity index is 1.62. The molecule has 1 aromatic rings. The molecule has 0 saturated carbocycles. The Kier molecular flexibility index (Phi) is 9.87. The van der Waals surface area contributed by atoms with Gasteiger partial charge in [-0.15, -0.1) is 5.92 Å². The molecule has 0 spiro atoms. The van der Waals surface area contributed by atoms with Gasteiger partial charge in [-0.05, 0) is 62.9 Å². The Bertz CT molecular complexity index is 639. The summed E-state index contributed by atoms with van der Waals surface area (Å²) in [6.45, 7) is 7.21. The monoisotopic (exact) mass is 414 g/mol. The van der Waals surface area contributed by atoms with Crippen LogP contribution in [0.4, 0.5) is 0 Å². The lowest BCUT2D eigenvalue weighted by atomic mass is 10.0. The molecule has 3 heteroatoms. The third kappa shape index (κ3) is 7.32. The topological polar surface area (TPSA) is 6.48 Å². The van der Waals surface area contributed by atoms with Crippen LogP contribution in [0.15, 0.2) is 24.3 Å². The molecule has 0 bridgehead atoms. The van der Waals surface area contributed by atoms with E-state index in [1.54, 1.807) is 0 Å². The van der Waals surface area contributed by atoms with Crippen LogP contribution in [0.1, 0.15) is 89.2 Å². The molecule has 29 heavy (non-hydrogen) atoms. The molecule has 0 amide bonds. The number of benzene rings is 1. The zero-order chi connectivity index (χ0) is 20.3. The zero-order valence-corrected chi connectivity index (χ0v) is 19.1. The van der Waals surface area contributed by atoms with Crippen LogP contribution in [0.5, 0.6) is 0 Å². The van der Waals surface area contributed by atoms with E-state index in [4.69, 9.17) is 11.6 Å². The highest BCUT2D eigenvalue weighted by atomic mass is 35.5. The van der Waals surface area contributed by atoms with Crippen molar-refractivity contribution in [2.24, 2.45) is 0 Å². The number of nitrogens with zero attached hydrogens (tertiary/aromatic N) is 2. The summed E-state index contributed by atoms with van der Waals surface area (Å²) in [5, 5.41) is 0.808. The molecule has 0 N–H and O–H groups in total. The van der Waals surface area contributed by atoms with Gasteiger partial charge in [-0.2, -0.15) is 0 Å². The fourth-order valence-corrected chi connectivity index (χ4v) is 4.95. The third-order valence-electron chi connectivity index (χ3n) is 6.50. The van der Waals surface area contributed by atoms with E-state index in [9.17, 15) is 0 Å². The smallest absolute Gasteiger partial charge is 0.0973 e. The van der Waals surface area contributed by atoms with Crippen molar-refractivity contribution in [3.63, 3.8) is 0 Å². The average Bonchev–Trinajstić information content (AvgIpc) is 3.41. The van der Waals surface area contributed by atoms with Gasteiger partial charge in [-0.3, -0.25) is 4.90 Å². The van der Waals surface area contributed by atoms with Gasteiger partial charge in [-0.1, -0.05) is 68.7 Å². The number of unbranched alkanes of at least 4 members (excludes halogenated alkanes) is 6. The van der Waals surface area contributed by atoms with E-state index in [2.05, 4.69) is 40.7 Å². The van der Waals surface area contributed by atoms with Gasteiger partial charge in [0.2, 0.25) is 0 Å². The first-order chi connectivity index (χ1) is 14.3. The van der Waals surface area contributed by atoms with Crippen LogP contribution >= 0.6 is 11.6 Å². The first-order valence-corrected chi connectivity index (χ1v) is 12.4. The van der Waals surface area contributed by atoms with Crippen LogP contribution in [0.3, 0.4) is 0 Å². The van der Waals surface area contributed by atoms with Crippen LogP contribution in [-0.4, -0.2) is 42.0 Å². The van der Waals surface area contributed by atoms with Crippen LogP contribution in [0.2, 0.25) is 5.02 Å². The van der Waals surface area contributed by atoms with Gasteiger partial charge in [0, 0.05) is 30.6 Å². The van der Waals surface area contributed by atoms with E-state index in [1.807, 2.05) is 12.1 Å².